The summed E-state index contributed by atoms with van der Waals surface area (Å²) >= 11 is 0. The van der Waals surface area contributed by atoms with E-state index in [1.807, 2.05) is 51.1 Å². The molecular weight excluding hydrogens is 376 g/mol. The maximum atomic E-state index is 12.2. The molecule has 0 bridgehead atoms. The molecule has 3 rings (SSSR count). The van der Waals surface area contributed by atoms with Crippen molar-refractivity contribution in [1.82, 2.24) is 0 Å². The molecule has 7 nitrogen and oxygen atoms in total. The summed E-state index contributed by atoms with van der Waals surface area (Å²) in [6.07, 6.45) is 0.878. The van der Waals surface area contributed by atoms with E-state index in [-0.39, 0.29) is 24.9 Å². The highest BCUT2D eigenvalue weighted by Gasteiger charge is 2.48. The summed E-state index contributed by atoms with van der Waals surface area (Å²) in [5, 5.41) is 0. The van der Waals surface area contributed by atoms with Crippen LogP contribution < -0.4 is 0 Å². The lowest BCUT2D eigenvalue weighted by Gasteiger charge is -2.37. The summed E-state index contributed by atoms with van der Waals surface area (Å²) in [6, 6.07) is 9.91. The molecule has 0 aliphatic carbocycles. The maximum Gasteiger partial charge on any atom is 0.334 e. The Hall–Kier alpha value is -1.93. The summed E-state index contributed by atoms with van der Waals surface area (Å²) in [5.74, 6) is 0.0327. The molecule has 7 heteroatoms. The molecule has 0 aromatic heterocycles. The van der Waals surface area contributed by atoms with Gasteiger partial charge in [-0.15, -0.1) is 0 Å². The smallest absolute Gasteiger partial charge is 0.334 e. The second kappa shape index (κ2) is 9.71. The van der Waals surface area contributed by atoms with Gasteiger partial charge in [-0.2, -0.15) is 0 Å². The third-order valence-corrected chi connectivity index (χ3v) is 4.63. The van der Waals surface area contributed by atoms with Gasteiger partial charge in [0.05, 0.1) is 25.2 Å². The van der Waals surface area contributed by atoms with Gasteiger partial charge in [0.25, 0.3) is 0 Å². The zero-order chi connectivity index (χ0) is 20.9. The fourth-order valence-corrected chi connectivity index (χ4v) is 3.45. The van der Waals surface area contributed by atoms with E-state index < -0.39 is 17.9 Å². The highest BCUT2D eigenvalue weighted by molar-refractivity contribution is 5.82. The number of allylic oxidation sites excluding steroid dienone is 1. The Morgan fingerprint density at radius 3 is 2.66 bits per heavy atom. The Morgan fingerprint density at radius 2 is 1.97 bits per heavy atom. The SMILES string of the molecule is COCO[C@@H]1CO[C@H](OCc2ccccc2)[C@H]2C/C(=C\C(=O)OC(C)(C)C)O[C@H]21. The Balaban J connectivity index is 1.68. The van der Waals surface area contributed by atoms with E-state index >= 15 is 0 Å². The quantitative estimate of drug-likeness (QED) is 0.391. The number of fused-ring (bicyclic) bond motifs is 1. The summed E-state index contributed by atoms with van der Waals surface area (Å²) < 4.78 is 34.1. The number of methoxy groups -OCH3 is 1. The molecule has 1 aromatic rings. The molecule has 29 heavy (non-hydrogen) atoms. The van der Waals surface area contributed by atoms with Crippen molar-refractivity contribution in [3.05, 3.63) is 47.7 Å². The summed E-state index contributed by atoms with van der Waals surface area (Å²) in [7, 11) is 1.57. The van der Waals surface area contributed by atoms with Crippen LogP contribution in [0.2, 0.25) is 0 Å². The van der Waals surface area contributed by atoms with Crippen molar-refractivity contribution in [2.24, 2.45) is 5.92 Å². The summed E-state index contributed by atoms with van der Waals surface area (Å²) in [6.45, 7) is 6.38. The van der Waals surface area contributed by atoms with Gasteiger partial charge in [0, 0.05) is 13.5 Å². The average molecular weight is 406 g/mol. The Kier molecular flexibility index (Phi) is 7.29. The molecule has 2 fully saturated rings. The highest BCUT2D eigenvalue weighted by Crippen LogP contribution is 2.39. The number of esters is 1. The number of carbonyl (C=O) groups is 1. The number of rotatable bonds is 7. The lowest BCUT2D eigenvalue weighted by atomic mass is 9.93. The second-order valence-corrected chi connectivity index (χ2v) is 8.20. The first-order valence-electron chi connectivity index (χ1n) is 9.83. The second-order valence-electron chi connectivity index (χ2n) is 8.20. The van der Waals surface area contributed by atoms with Crippen molar-refractivity contribution in [3.63, 3.8) is 0 Å². The van der Waals surface area contributed by atoms with E-state index in [1.165, 1.54) is 6.08 Å². The first kappa shape index (κ1) is 21.8. The van der Waals surface area contributed by atoms with Crippen molar-refractivity contribution < 1.29 is 33.2 Å². The minimum Gasteiger partial charge on any atom is -0.491 e. The molecule has 2 aliphatic heterocycles. The third kappa shape index (κ3) is 6.27. The lowest BCUT2D eigenvalue weighted by Crippen LogP contribution is -2.49. The van der Waals surface area contributed by atoms with Gasteiger partial charge in [-0.1, -0.05) is 30.3 Å². The molecular formula is C22H30O7. The molecule has 2 saturated heterocycles. The number of hydrogen-bond donors (Lipinski definition) is 0. The van der Waals surface area contributed by atoms with Crippen LogP contribution in [0.5, 0.6) is 0 Å². The molecule has 0 unspecified atom stereocenters. The first-order valence-corrected chi connectivity index (χ1v) is 9.83. The first-order chi connectivity index (χ1) is 13.9. The number of carbonyl (C=O) groups excluding carboxylic acids is 1. The minimum atomic E-state index is -0.561. The Labute approximate surface area is 171 Å². The standard InChI is InChI=1S/C22H30O7/c1-22(2,3)29-19(23)11-16-10-17-20(28-16)18(27-14-24-4)13-26-21(17)25-12-15-8-6-5-7-9-15/h5-9,11,17-18,20-21H,10,12-14H2,1-4H3/b16-11+/t17-,18+,20+,21-/m0/s1. The fourth-order valence-electron chi connectivity index (χ4n) is 3.45. The molecule has 0 radical (unpaired) electrons. The molecule has 0 saturated carbocycles. The van der Waals surface area contributed by atoms with Crippen molar-refractivity contribution in [3.8, 4) is 0 Å². The third-order valence-electron chi connectivity index (χ3n) is 4.63. The van der Waals surface area contributed by atoms with Crippen LogP contribution in [-0.4, -0.2) is 50.6 Å². The van der Waals surface area contributed by atoms with Crippen LogP contribution in [0.1, 0.15) is 32.8 Å². The van der Waals surface area contributed by atoms with E-state index in [2.05, 4.69) is 0 Å². The fraction of sp³-hybridized carbons (Fsp3) is 0.591. The van der Waals surface area contributed by atoms with Crippen molar-refractivity contribution >= 4 is 5.97 Å². The zero-order valence-corrected chi connectivity index (χ0v) is 17.5. The van der Waals surface area contributed by atoms with Gasteiger partial charge < -0.3 is 28.4 Å². The van der Waals surface area contributed by atoms with E-state index in [0.717, 1.165) is 5.56 Å². The molecule has 2 heterocycles. The monoisotopic (exact) mass is 406 g/mol. The maximum absolute atomic E-state index is 12.2. The van der Waals surface area contributed by atoms with E-state index in [1.54, 1.807) is 7.11 Å². The largest absolute Gasteiger partial charge is 0.491 e. The van der Waals surface area contributed by atoms with Gasteiger partial charge in [-0.3, -0.25) is 0 Å². The number of benzene rings is 1. The van der Waals surface area contributed by atoms with Gasteiger partial charge in [-0.25, -0.2) is 4.79 Å². The number of hydrogen-bond acceptors (Lipinski definition) is 7. The Morgan fingerprint density at radius 1 is 1.21 bits per heavy atom. The highest BCUT2D eigenvalue weighted by atomic mass is 16.7. The number of ether oxygens (including phenoxy) is 6. The van der Waals surface area contributed by atoms with Crippen LogP contribution in [0.4, 0.5) is 0 Å². The van der Waals surface area contributed by atoms with Crippen LogP contribution in [-0.2, 0) is 39.8 Å². The van der Waals surface area contributed by atoms with E-state index in [9.17, 15) is 4.79 Å². The summed E-state index contributed by atoms with van der Waals surface area (Å²) in [4.78, 5) is 12.2. The topological polar surface area (TPSA) is 72.5 Å². The van der Waals surface area contributed by atoms with Crippen molar-refractivity contribution in [2.45, 2.75) is 57.9 Å². The minimum absolute atomic E-state index is 0.0944. The normalized spacial score (nSPS) is 28.1. The Bertz CT molecular complexity index is 695. The molecule has 2 aliphatic rings. The van der Waals surface area contributed by atoms with Crippen LogP contribution in [0, 0.1) is 5.92 Å². The van der Waals surface area contributed by atoms with Gasteiger partial charge in [-0.05, 0) is 26.3 Å². The van der Waals surface area contributed by atoms with Crippen molar-refractivity contribution in [2.75, 3.05) is 20.5 Å². The van der Waals surface area contributed by atoms with E-state index in [4.69, 9.17) is 28.4 Å². The van der Waals surface area contributed by atoms with E-state index in [0.29, 0.717) is 25.4 Å². The van der Waals surface area contributed by atoms with Crippen LogP contribution >= 0.6 is 0 Å². The molecule has 160 valence electrons. The molecule has 0 amide bonds. The van der Waals surface area contributed by atoms with Crippen LogP contribution in [0.15, 0.2) is 42.2 Å². The predicted octanol–water partition coefficient (Wildman–Crippen LogP) is 3.18. The van der Waals surface area contributed by atoms with Gasteiger partial charge in [0.2, 0.25) is 0 Å². The van der Waals surface area contributed by atoms with Crippen LogP contribution in [0.3, 0.4) is 0 Å². The van der Waals surface area contributed by atoms with Gasteiger partial charge in [0.15, 0.2) is 6.29 Å². The van der Waals surface area contributed by atoms with Crippen LogP contribution in [0.25, 0.3) is 0 Å². The predicted molar refractivity (Wildman–Crippen MR) is 105 cm³/mol. The summed E-state index contributed by atoms with van der Waals surface area (Å²) in [5.41, 5.74) is 0.502. The van der Waals surface area contributed by atoms with Gasteiger partial charge in [0.1, 0.15) is 30.4 Å². The van der Waals surface area contributed by atoms with Crippen molar-refractivity contribution in [1.29, 1.82) is 0 Å². The molecule has 0 spiro atoms. The van der Waals surface area contributed by atoms with Gasteiger partial charge >= 0.3 is 5.97 Å². The molecule has 1 aromatic carbocycles. The lowest BCUT2D eigenvalue weighted by molar-refractivity contribution is -0.258. The molecule has 4 atom stereocenters. The zero-order valence-electron chi connectivity index (χ0n) is 17.5. The average Bonchev–Trinajstić information content (AvgIpc) is 3.08. The molecule has 0 N–H and O–H groups in total.